The maximum absolute atomic E-state index is 9.67. The zero-order valence-electron chi connectivity index (χ0n) is 9.13. The van der Waals surface area contributed by atoms with Crippen molar-refractivity contribution in [3.8, 4) is 0 Å². The molecule has 16 heavy (non-hydrogen) atoms. The Morgan fingerprint density at radius 3 is 2.56 bits per heavy atom. The highest BCUT2D eigenvalue weighted by atomic mass is 16.3. The van der Waals surface area contributed by atoms with Gasteiger partial charge in [0.25, 0.3) is 0 Å². The van der Waals surface area contributed by atoms with Gasteiger partial charge in [0.15, 0.2) is 5.88 Å². The topological polar surface area (TPSA) is 37.2 Å². The van der Waals surface area contributed by atoms with E-state index in [1.807, 2.05) is 48.8 Å². The van der Waals surface area contributed by atoms with E-state index in [1.54, 1.807) is 0 Å². The molecule has 0 radical (unpaired) electrons. The molecule has 0 spiro atoms. The molecule has 0 saturated carbocycles. The number of allylic oxidation sites excluding steroid dienone is 5. The second-order valence-electron chi connectivity index (χ2n) is 3.72. The summed E-state index contributed by atoms with van der Waals surface area (Å²) in [5.74, 6) is 0.262. The van der Waals surface area contributed by atoms with Gasteiger partial charge in [-0.25, -0.2) is 0 Å². The molecule has 0 saturated heterocycles. The first kappa shape index (κ1) is 10.6. The molecule has 2 rings (SSSR count). The third-order valence-corrected chi connectivity index (χ3v) is 2.49. The fraction of sp³-hybridized carbons (Fsp3) is 0.231. The molecule has 2 N–H and O–H groups in total. The van der Waals surface area contributed by atoms with Gasteiger partial charge in [0, 0.05) is 31.1 Å². The third-order valence-electron chi connectivity index (χ3n) is 2.49. The van der Waals surface area contributed by atoms with Crippen molar-refractivity contribution in [1.82, 2.24) is 9.88 Å². The van der Waals surface area contributed by atoms with E-state index in [9.17, 15) is 5.11 Å². The lowest BCUT2D eigenvalue weighted by atomic mass is 10.3. The van der Waals surface area contributed by atoms with Gasteiger partial charge in [0.1, 0.15) is 0 Å². The van der Waals surface area contributed by atoms with E-state index in [1.165, 1.54) is 0 Å². The van der Waals surface area contributed by atoms with E-state index >= 15 is 0 Å². The molecule has 0 fully saturated rings. The predicted molar refractivity (Wildman–Crippen MR) is 65.0 cm³/mol. The average molecular weight is 216 g/mol. The van der Waals surface area contributed by atoms with E-state index in [4.69, 9.17) is 0 Å². The highest BCUT2D eigenvalue weighted by molar-refractivity contribution is 5.41. The SMILES string of the molecule is OC(NCCCn1cccc1)=C1C=CC=C1. The number of hydrogen-bond donors (Lipinski definition) is 2. The summed E-state index contributed by atoms with van der Waals surface area (Å²) in [5.41, 5.74) is 0.848. The largest absolute Gasteiger partial charge is 0.494 e. The second-order valence-corrected chi connectivity index (χ2v) is 3.72. The van der Waals surface area contributed by atoms with Gasteiger partial charge < -0.3 is 15.0 Å². The van der Waals surface area contributed by atoms with Gasteiger partial charge in [-0.15, -0.1) is 0 Å². The van der Waals surface area contributed by atoms with Crippen molar-refractivity contribution in [2.24, 2.45) is 0 Å². The van der Waals surface area contributed by atoms with Gasteiger partial charge in [-0.1, -0.05) is 12.2 Å². The molecule has 3 nitrogen and oxygen atoms in total. The van der Waals surface area contributed by atoms with Gasteiger partial charge in [0.05, 0.1) is 0 Å². The summed E-state index contributed by atoms with van der Waals surface area (Å²) in [6, 6.07) is 4.03. The lowest BCUT2D eigenvalue weighted by Crippen LogP contribution is -2.17. The lowest BCUT2D eigenvalue weighted by Gasteiger charge is -2.07. The second kappa shape index (κ2) is 5.26. The van der Waals surface area contributed by atoms with Gasteiger partial charge >= 0.3 is 0 Å². The summed E-state index contributed by atoms with van der Waals surface area (Å²) in [4.78, 5) is 0. The Balaban J connectivity index is 1.70. The molecular formula is C13H16N2O. The molecule has 1 aromatic rings. The Bertz CT molecular complexity index is 399. The number of aliphatic hydroxyl groups is 1. The quantitative estimate of drug-likeness (QED) is 0.585. The highest BCUT2D eigenvalue weighted by Gasteiger charge is 2.00. The molecule has 3 heteroatoms. The van der Waals surface area contributed by atoms with Crippen LogP contribution >= 0.6 is 0 Å². The standard InChI is InChI=1S/C13H16N2O/c16-13(12-6-1-2-7-12)14-8-5-11-15-9-3-4-10-15/h1-4,6-7,9-10,14,16H,5,8,11H2. The minimum atomic E-state index is 0.262. The van der Waals surface area contributed by atoms with E-state index in [-0.39, 0.29) is 5.88 Å². The van der Waals surface area contributed by atoms with Crippen LogP contribution in [0, 0.1) is 0 Å². The van der Waals surface area contributed by atoms with Crippen molar-refractivity contribution in [2.45, 2.75) is 13.0 Å². The van der Waals surface area contributed by atoms with Gasteiger partial charge in [-0.2, -0.15) is 0 Å². The number of hydrogen-bond acceptors (Lipinski definition) is 2. The Labute approximate surface area is 95.4 Å². The van der Waals surface area contributed by atoms with Crippen molar-refractivity contribution < 1.29 is 5.11 Å². The summed E-state index contributed by atoms with van der Waals surface area (Å²) in [6.45, 7) is 1.74. The van der Waals surface area contributed by atoms with E-state index in [0.29, 0.717) is 0 Å². The van der Waals surface area contributed by atoms with Crippen LogP contribution in [-0.4, -0.2) is 16.2 Å². The summed E-state index contributed by atoms with van der Waals surface area (Å²) >= 11 is 0. The van der Waals surface area contributed by atoms with Crippen molar-refractivity contribution in [1.29, 1.82) is 0 Å². The van der Waals surface area contributed by atoms with Crippen LogP contribution in [0.4, 0.5) is 0 Å². The maximum atomic E-state index is 9.67. The number of aromatic nitrogens is 1. The molecule has 0 aromatic carbocycles. The molecule has 0 atom stereocenters. The van der Waals surface area contributed by atoms with Crippen molar-refractivity contribution >= 4 is 0 Å². The van der Waals surface area contributed by atoms with Crippen LogP contribution in [0.25, 0.3) is 0 Å². The van der Waals surface area contributed by atoms with Crippen molar-refractivity contribution in [3.63, 3.8) is 0 Å². The first-order chi connectivity index (χ1) is 7.86. The van der Waals surface area contributed by atoms with Crippen LogP contribution in [0.1, 0.15) is 6.42 Å². The number of nitrogens with one attached hydrogen (secondary N) is 1. The summed E-state index contributed by atoms with van der Waals surface area (Å²) in [5, 5.41) is 12.7. The van der Waals surface area contributed by atoms with Crippen LogP contribution in [0.2, 0.25) is 0 Å². The Morgan fingerprint density at radius 1 is 1.19 bits per heavy atom. The molecule has 0 amide bonds. The minimum Gasteiger partial charge on any atom is -0.494 e. The third kappa shape index (κ3) is 2.79. The molecule has 0 unspecified atom stereocenters. The maximum Gasteiger partial charge on any atom is 0.191 e. The Morgan fingerprint density at radius 2 is 1.88 bits per heavy atom. The van der Waals surface area contributed by atoms with E-state index < -0.39 is 0 Å². The van der Waals surface area contributed by atoms with E-state index in [2.05, 4.69) is 9.88 Å². The van der Waals surface area contributed by atoms with E-state index in [0.717, 1.165) is 25.1 Å². The average Bonchev–Trinajstić information content (AvgIpc) is 2.96. The smallest absolute Gasteiger partial charge is 0.191 e. The van der Waals surface area contributed by atoms with Crippen molar-refractivity contribution in [2.75, 3.05) is 6.54 Å². The van der Waals surface area contributed by atoms with Crippen LogP contribution < -0.4 is 5.32 Å². The van der Waals surface area contributed by atoms with Gasteiger partial charge in [-0.3, -0.25) is 0 Å². The summed E-state index contributed by atoms with van der Waals surface area (Å²) < 4.78 is 2.13. The normalized spacial score (nSPS) is 13.4. The predicted octanol–water partition coefficient (Wildman–Crippen LogP) is 2.36. The van der Waals surface area contributed by atoms with Gasteiger partial charge in [0.2, 0.25) is 0 Å². The van der Waals surface area contributed by atoms with Gasteiger partial charge in [-0.05, 0) is 30.7 Å². The number of rotatable bonds is 5. The molecule has 1 aliphatic rings. The fourth-order valence-corrected chi connectivity index (χ4v) is 1.62. The van der Waals surface area contributed by atoms with Crippen LogP contribution in [0.3, 0.4) is 0 Å². The van der Waals surface area contributed by atoms with Crippen LogP contribution in [-0.2, 0) is 6.54 Å². The molecule has 1 heterocycles. The lowest BCUT2D eigenvalue weighted by molar-refractivity contribution is 0.357. The first-order valence-electron chi connectivity index (χ1n) is 5.49. The molecule has 84 valence electrons. The zero-order valence-corrected chi connectivity index (χ0v) is 9.13. The summed E-state index contributed by atoms with van der Waals surface area (Å²) in [6.07, 6.45) is 12.7. The zero-order chi connectivity index (χ0) is 11.2. The highest BCUT2D eigenvalue weighted by Crippen LogP contribution is 2.09. The Hall–Kier alpha value is -1.90. The molecule has 0 bridgehead atoms. The number of nitrogens with zero attached hydrogens (tertiary/aromatic N) is 1. The first-order valence-corrected chi connectivity index (χ1v) is 5.49. The van der Waals surface area contributed by atoms with Crippen LogP contribution in [0.15, 0.2) is 60.3 Å². The fourth-order valence-electron chi connectivity index (χ4n) is 1.62. The minimum absolute atomic E-state index is 0.262. The number of aryl methyl sites for hydroxylation is 1. The van der Waals surface area contributed by atoms with Crippen LogP contribution in [0.5, 0.6) is 0 Å². The number of aliphatic hydroxyl groups excluding tert-OH is 1. The Kier molecular flexibility index (Phi) is 3.49. The monoisotopic (exact) mass is 216 g/mol. The molecule has 0 aliphatic heterocycles. The molecular weight excluding hydrogens is 200 g/mol. The van der Waals surface area contributed by atoms with Crippen molar-refractivity contribution in [3.05, 3.63) is 60.3 Å². The summed E-state index contributed by atoms with van der Waals surface area (Å²) in [7, 11) is 0. The molecule has 1 aromatic heterocycles. The molecule has 1 aliphatic carbocycles.